The number of methoxy groups -OCH3 is 1. The van der Waals surface area contributed by atoms with Gasteiger partial charge in [-0.2, -0.15) is 0 Å². The number of para-hydroxylation sites is 1. The summed E-state index contributed by atoms with van der Waals surface area (Å²) >= 11 is 0. The Morgan fingerprint density at radius 3 is 2.38 bits per heavy atom. The number of hydrogen-bond acceptors (Lipinski definition) is 5. The van der Waals surface area contributed by atoms with Gasteiger partial charge in [0.1, 0.15) is 11.6 Å². The topological polar surface area (TPSA) is 78.7 Å². The molecule has 164 valence electrons. The first-order chi connectivity index (χ1) is 15.5. The number of fused-ring (bicyclic) bond motifs is 1. The van der Waals surface area contributed by atoms with Gasteiger partial charge in [0.2, 0.25) is 0 Å². The molecule has 4 atom stereocenters. The van der Waals surface area contributed by atoms with Gasteiger partial charge in [-0.15, -0.1) is 0 Å². The van der Waals surface area contributed by atoms with E-state index < -0.39 is 35.8 Å². The third kappa shape index (κ3) is 4.19. The summed E-state index contributed by atoms with van der Waals surface area (Å²) in [6.07, 6.45) is -0.977. The highest BCUT2D eigenvalue weighted by Crippen LogP contribution is 2.50. The van der Waals surface area contributed by atoms with Crippen molar-refractivity contribution in [1.29, 1.82) is 0 Å². The van der Waals surface area contributed by atoms with Crippen LogP contribution in [0.5, 0.6) is 5.75 Å². The Kier molecular flexibility index (Phi) is 6.16. The first-order valence-electron chi connectivity index (χ1n) is 10.3. The summed E-state index contributed by atoms with van der Waals surface area (Å²) in [5, 5.41) is 12.5. The van der Waals surface area contributed by atoms with Crippen LogP contribution >= 0.6 is 0 Å². The van der Waals surface area contributed by atoms with E-state index in [2.05, 4.69) is 0 Å². The maximum absolute atomic E-state index is 13.5. The molecule has 4 rings (SSSR count). The van der Waals surface area contributed by atoms with E-state index in [1.165, 1.54) is 31.4 Å². The Labute approximate surface area is 184 Å². The Balaban J connectivity index is 1.89. The summed E-state index contributed by atoms with van der Waals surface area (Å²) in [5.74, 6) is -1.58. The zero-order chi connectivity index (χ0) is 22.7. The summed E-state index contributed by atoms with van der Waals surface area (Å²) in [4.78, 5) is 24.4. The van der Waals surface area contributed by atoms with Crippen molar-refractivity contribution in [3.05, 3.63) is 111 Å². The van der Waals surface area contributed by atoms with Crippen molar-refractivity contribution in [2.45, 2.75) is 30.4 Å². The molecule has 0 bridgehead atoms. The predicted octanol–water partition coefficient (Wildman–Crippen LogP) is 5.04. The molecule has 3 aromatic carbocycles. The van der Waals surface area contributed by atoms with Crippen LogP contribution in [0, 0.1) is 15.9 Å². The molecular formula is C25H22FNO5. The number of esters is 1. The molecule has 0 aliphatic carbocycles. The van der Waals surface area contributed by atoms with Crippen molar-refractivity contribution in [2.24, 2.45) is 0 Å². The summed E-state index contributed by atoms with van der Waals surface area (Å²) in [5.41, 5.74) is 1.95. The first-order valence-corrected chi connectivity index (χ1v) is 10.3. The Morgan fingerprint density at radius 2 is 1.72 bits per heavy atom. The normalized spacial score (nSPS) is 20.5. The van der Waals surface area contributed by atoms with Crippen molar-refractivity contribution in [3.63, 3.8) is 0 Å². The fourth-order valence-electron chi connectivity index (χ4n) is 4.47. The van der Waals surface area contributed by atoms with Crippen molar-refractivity contribution in [2.75, 3.05) is 7.11 Å². The number of nitrogens with zero attached hydrogens (tertiary/aromatic N) is 1. The monoisotopic (exact) mass is 435 g/mol. The van der Waals surface area contributed by atoms with Crippen LogP contribution in [-0.2, 0) is 9.53 Å². The van der Waals surface area contributed by atoms with Crippen molar-refractivity contribution >= 4 is 5.97 Å². The maximum atomic E-state index is 13.5. The van der Waals surface area contributed by atoms with E-state index in [0.29, 0.717) is 16.9 Å². The fraction of sp³-hybridized carbons (Fsp3) is 0.240. The number of halogens is 1. The highest BCUT2D eigenvalue weighted by Gasteiger charge is 2.51. The van der Waals surface area contributed by atoms with Gasteiger partial charge in [-0.25, -0.2) is 4.39 Å². The highest BCUT2D eigenvalue weighted by atomic mass is 19.1. The Bertz CT molecular complexity index is 1100. The van der Waals surface area contributed by atoms with Gasteiger partial charge in [-0.05, 0) is 29.3 Å². The van der Waals surface area contributed by atoms with E-state index >= 15 is 0 Å². The van der Waals surface area contributed by atoms with Crippen LogP contribution < -0.4 is 4.74 Å². The molecule has 32 heavy (non-hydrogen) atoms. The zero-order valence-corrected chi connectivity index (χ0v) is 17.4. The van der Waals surface area contributed by atoms with Crippen LogP contribution in [0.1, 0.15) is 41.1 Å². The standard InChI is InChI=1S/C25H22FNO5/c1-31-22(28)15-20(16-7-3-2-4-8-16)23-19-9-5-6-10-21(19)32-25(24(23)27(29)30)17-11-13-18(26)14-12-17/h2-14,20,23-25H,15H2,1H3/t20-,23+,24+,25+/m1/s1. The van der Waals surface area contributed by atoms with Crippen LogP contribution in [0.15, 0.2) is 78.9 Å². The first kappa shape index (κ1) is 21.5. The molecule has 1 aliphatic heterocycles. The number of hydrogen-bond donors (Lipinski definition) is 0. The molecule has 0 saturated carbocycles. The van der Waals surface area contributed by atoms with Gasteiger partial charge < -0.3 is 9.47 Å². The summed E-state index contributed by atoms with van der Waals surface area (Å²) in [6, 6.07) is 20.7. The van der Waals surface area contributed by atoms with Gasteiger partial charge in [0.15, 0.2) is 6.10 Å². The Morgan fingerprint density at radius 1 is 1.06 bits per heavy atom. The second-order valence-corrected chi connectivity index (χ2v) is 7.73. The van der Waals surface area contributed by atoms with Crippen LogP contribution in [0.4, 0.5) is 4.39 Å². The zero-order valence-electron chi connectivity index (χ0n) is 17.4. The average Bonchev–Trinajstić information content (AvgIpc) is 2.82. The minimum Gasteiger partial charge on any atom is -0.478 e. The van der Waals surface area contributed by atoms with Crippen molar-refractivity contribution in [1.82, 2.24) is 0 Å². The molecule has 7 heteroatoms. The molecule has 0 amide bonds. The van der Waals surface area contributed by atoms with Gasteiger partial charge in [0.25, 0.3) is 6.04 Å². The summed E-state index contributed by atoms with van der Waals surface area (Å²) in [7, 11) is 1.30. The lowest BCUT2D eigenvalue weighted by Crippen LogP contribution is -2.43. The Hall–Kier alpha value is -3.74. The SMILES string of the molecule is COC(=O)C[C@H](c1ccccc1)[C@@H]1c2ccccc2O[C@@H](c2ccc(F)cc2)[C@H]1[N+](=O)[O-]. The molecule has 0 fully saturated rings. The number of nitro groups is 1. The molecule has 0 aromatic heterocycles. The van der Waals surface area contributed by atoms with E-state index in [9.17, 15) is 19.3 Å². The van der Waals surface area contributed by atoms with Crippen LogP contribution in [-0.4, -0.2) is 24.0 Å². The van der Waals surface area contributed by atoms with E-state index in [4.69, 9.17) is 9.47 Å². The maximum Gasteiger partial charge on any atom is 0.306 e. The van der Waals surface area contributed by atoms with E-state index in [1.54, 1.807) is 24.3 Å². The van der Waals surface area contributed by atoms with Crippen LogP contribution in [0.2, 0.25) is 0 Å². The van der Waals surface area contributed by atoms with E-state index in [0.717, 1.165) is 5.56 Å². The lowest BCUT2D eigenvalue weighted by atomic mass is 9.71. The fourth-order valence-corrected chi connectivity index (χ4v) is 4.47. The molecule has 0 radical (unpaired) electrons. The quantitative estimate of drug-likeness (QED) is 0.308. The highest BCUT2D eigenvalue weighted by molar-refractivity contribution is 5.71. The van der Waals surface area contributed by atoms with Gasteiger partial charge >= 0.3 is 5.97 Å². The third-order valence-corrected chi connectivity index (χ3v) is 5.93. The van der Waals surface area contributed by atoms with Crippen LogP contribution in [0.25, 0.3) is 0 Å². The van der Waals surface area contributed by atoms with Crippen molar-refractivity contribution in [3.8, 4) is 5.75 Å². The molecule has 3 aromatic rings. The third-order valence-electron chi connectivity index (χ3n) is 5.93. The predicted molar refractivity (Wildman–Crippen MR) is 116 cm³/mol. The number of benzene rings is 3. The van der Waals surface area contributed by atoms with E-state index in [1.807, 2.05) is 30.3 Å². The largest absolute Gasteiger partial charge is 0.478 e. The second kappa shape index (κ2) is 9.18. The lowest BCUT2D eigenvalue weighted by Gasteiger charge is -2.38. The second-order valence-electron chi connectivity index (χ2n) is 7.73. The number of carbonyl (C=O) groups is 1. The summed E-state index contributed by atoms with van der Waals surface area (Å²) < 4.78 is 24.5. The van der Waals surface area contributed by atoms with Gasteiger partial charge in [-0.3, -0.25) is 14.9 Å². The molecule has 0 N–H and O–H groups in total. The molecule has 1 aliphatic rings. The molecule has 1 heterocycles. The van der Waals surface area contributed by atoms with Gasteiger partial charge in [-0.1, -0.05) is 60.7 Å². The van der Waals surface area contributed by atoms with Crippen molar-refractivity contribution < 1.29 is 23.6 Å². The minimum atomic E-state index is -1.20. The van der Waals surface area contributed by atoms with Gasteiger partial charge in [0, 0.05) is 16.4 Å². The average molecular weight is 435 g/mol. The number of ether oxygens (including phenoxy) is 2. The molecular weight excluding hydrogens is 413 g/mol. The summed E-state index contributed by atoms with van der Waals surface area (Å²) in [6.45, 7) is 0. The number of carbonyl (C=O) groups excluding carboxylic acids is 1. The van der Waals surface area contributed by atoms with Crippen LogP contribution in [0.3, 0.4) is 0 Å². The number of rotatable bonds is 6. The van der Waals surface area contributed by atoms with E-state index in [-0.39, 0.29) is 11.3 Å². The molecule has 0 spiro atoms. The molecule has 0 saturated heterocycles. The smallest absolute Gasteiger partial charge is 0.306 e. The molecule has 0 unspecified atom stereocenters. The molecule has 6 nitrogen and oxygen atoms in total. The van der Waals surface area contributed by atoms with Gasteiger partial charge in [0.05, 0.1) is 19.4 Å². The lowest BCUT2D eigenvalue weighted by molar-refractivity contribution is -0.541. The minimum absolute atomic E-state index is 0.0278.